The van der Waals surface area contributed by atoms with Crippen molar-refractivity contribution in [1.82, 2.24) is 4.98 Å². The molecule has 0 aliphatic carbocycles. The van der Waals surface area contributed by atoms with E-state index in [1.54, 1.807) is 18.5 Å². The Bertz CT molecular complexity index is 502. The van der Waals surface area contributed by atoms with Crippen molar-refractivity contribution >= 4 is 15.9 Å². The zero-order valence-electron chi connectivity index (χ0n) is 9.11. The molecule has 0 fully saturated rings. The van der Waals surface area contributed by atoms with Gasteiger partial charge in [0.1, 0.15) is 5.82 Å². The van der Waals surface area contributed by atoms with Crippen molar-refractivity contribution in [2.75, 3.05) is 0 Å². The summed E-state index contributed by atoms with van der Waals surface area (Å²) in [7, 11) is 0. The Morgan fingerprint density at radius 3 is 2.82 bits per heavy atom. The molecule has 0 saturated heterocycles. The lowest BCUT2D eigenvalue weighted by molar-refractivity contribution is 0.624. The fourth-order valence-corrected chi connectivity index (χ4v) is 2.15. The van der Waals surface area contributed by atoms with E-state index in [1.807, 2.05) is 12.1 Å². The van der Waals surface area contributed by atoms with Gasteiger partial charge < -0.3 is 5.73 Å². The van der Waals surface area contributed by atoms with E-state index in [-0.39, 0.29) is 11.9 Å². The van der Waals surface area contributed by atoms with Gasteiger partial charge in [-0.05, 0) is 35.7 Å². The third-order valence-electron chi connectivity index (χ3n) is 2.57. The molecule has 1 atom stereocenters. The van der Waals surface area contributed by atoms with Crippen LogP contribution in [-0.4, -0.2) is 4.98 Å². The maximum absolute atomic E-state index is 12.9. The lowest BCUT2D eigenvalue weighted by atomic mass is 10.0. The summed E-state index contributed by atoms with van der Waals surface area (Å²) in [5, 5.41) is 0. The van der Waals surface area contributed by atoms with Crippen molar-refractivity contribution in [3.63, 3.8) is 0 Å². The molecule has 0 bridgehead atoms. The summed E-state index contributed by atoms with van der Waals surface area (Å²) in [6.07, 6.45) is 4.11. The first kappa shape index (κ1) is 12.2. The summed E-state index contributed by atoms with van der Waals surface area (Å²) >= 11 is 3.34. The number of pyridine rings is 1. The van der Waals surface area contributed by atoms with E-state index < -0.39 is 0 Å². The second-order valence-electron chi connectivity index (χ2n) is 3.83. The lowest BCUT2D eigenvalue weighted by Crippen LogP contribution is -2.13. The predicted molar refractivity (Wildman–Crippen MR) is 69.0 cm³/mol. The first-order valence-electron chi connectivity index (χ1n) is 5.26. The molecule has 2 rings (SSSR count). The minimum atomic E-state index is -0.254. The number of nitrogens with two attached hydrogens (primary N) is 1. The summed E-state index contributed by atoms with van der Waals surface area (Å²) in [4.78, 5) is 4.03. The SMILES string of the molecule is NC(Cc1ccc(F)cc1Br)c1cccnc1. The van der Waals surface area contributed by atoms with Gasteiger partial charge in [0.05, 0.1) is 0 Å². The summed E-state index contributed by atoms with van der Waals surface area (Å²) in [5.41, 5.74) is 8.04. The Labute approximate surface area is 108 Å². The molecule has 1 unspecified atom stereocenters. The Kier molecular flexibility index (Phi) is 3.86. The van der Waals surface area contributed by atoms with Gasteiger partial charge in [0, 0.05) is 22.9 Å². The smallest absolute Gasteiger partial charge is 0.124 e. The number of hydrogen-bond donors (Lipinski definition) is 1. The zero-order chi connectivity index (χ0) is 12.3. The Hall–Kier alpha value is -1.26. The van der Waals surface area contributed by atoms with Gasteiger partial charge in [-0.15, -0.1) is 0 Å². The van der Waals surface area contributed by atoms with E-state index in [2.05, 4.69) is 20.9 Å². The highest BCUT2D eigenvalue weighted by Gasteiger charge is 2.09. The van der Waals surface area contributed by atoms with Crippen LogP contribution in [0.3, 0.4) is 0 Å². The molecule has 0 amide bonds. The summed E-state index contributed by atoms with van der Waals surface area (Å²) in [5.74, 6) is -0.254. The molecule has 0 aliphatic heterocycles. The minimum absolute atomic E-state index is 0.134. The van der Waals surface area contributed by atoms with Crippen molar-refractivity contribution in [1.29, 1.82) is 0 Å². The van der Waals surface area contributed by atoms with Crippen LogP contribution in [0.1, 0.15) is 17.2 Å². The summed E-state index contributed by atoms with van der Waals surface area (Å²) < 4.78 is 13.7. The summed E-state index contributed by atoms with van der Waals surface area (Å²) in [6.45, 7) is 0. The standard InChI is InChI=1S/C13H12BrFN2/c14-12-7-11(15)4-3-9(12)6-13(16)10-2-1-5-17-8-10/h1-5,7-8,13H,6,16H2. The van der Waals surface area contributed by atoms with Crippen molar-refractivity contribution in [3.05, 3.63) is 64.1 Å². The number of aromatic nitrogens is 1. The molecule has 0 spiro atoms. The van der Waals surface area contributed by atoms with Crippen molar-refractivity contribution in [3.8, 4) is 0 Å². The lowest BCUT2D eigenvalue weighted by Gasteiger charge is -2.12. The second-order valence-corrected chi connectivity index (χ2v) is 4.69. The van der Waals surface area contributed by atoms with Crippen molar-refractivity contribution < 1.29 is 4.39 Å². The molecule has 1 aromatic heterocycles. The van der Waals surface area contributed by atoms with Crippen molar-refractivity contribution in [2.24, 2.45) is 5.73 Å². The van der Waals surface area contributed by atoms with Gasteiger partial charge in [-0.3, -0.25) is 4.98 Å². The molecular formula is C13H12BrFN2. The van der Waals surface area contributed by atoms with E-state index >= 15 is 0 Å². The molecule has 88 valence electrons. The molecule has 1 aromatic carbocycles. The highest BCUT2D eigenvalue weighted by Crippen LogP contribution is 2.23. The largest absolute Gasteiger partial charge is 0.324 e. The molecule has 2 N–H and O–H groups in total. The van der Waals surface area contributed by atoms with Crippen LogP contribution in [0.15, 0.2) is 47.2 Å². The van der Waals surface area contributed by atoms with Crippen LogP contribution in [0.2, 0.25) is 0 Å². The average Bonchev–Trinajstić information content (AvgIpc) is 2.34. The Morgan fingerprint density at radius 1 is 1.35 bits per heavy atom. The molecule has 0 saturated carbocycles. The van der Waals surface area contributed by atoms with E-state index in [4.69, 9.17) is 5.73 Å². The van der Waals surface area contributed by atoms with Crippen LogP contribution in [0.5, 0.6) is 0 Å². The third kappa shape index (κ3) is 3.11. The minimum Gasteiger partial charge on any atom is -0.324 e. The molecule has 0 aliphatic rings. The van der Waals surface area contributed by atoms with Crippen molar-refractivity contribution in [2.45, 2.75) is 12.5 Å². The van der Waals surface area contributed by atoms with Crippen LogP contribution in [-0.2, 0) is 6.42 Å². The topological polar surface area (TPSA) is 38.9 Å². The number of benzene rings is 1. The van der Waals surface area contributed by atoms with Gasteiger partial charge >= 0.3 is 0 Å². The van der Waals surface area contributed by atoms with Gasteiger partial charge in [0.15, 0.2) is 0 Å². The maximum atomic E-state index is 12.9. The normalized spacial score (nSPS) is 12.4. The van der Waals surface area contributed by atoms with Crippen LogP contribution >= 0.6 is 15.9 Å². The van der Waals surface area contributed by atoms with Crippen LogP contribution in [0.25, 0.3) is 0 Å². The van der Waals surface area contributed by atoms with Gasteiger partial charge in [0.25, 0.3) is 0 Å². The van der Waals surface area contributed by atoms with E-state index in [0.29, 0.717) is 6.42 Å². The molecule has 1 heterocycles. The van der Waals surface area contributed by atoms with E-state index in [9.17, 15) is 4.39 Å². The van der Waals surface area contributed by atoms with Crippen LogP contribution < -0.4 is 5.73 Å². The highest BCUT2D eigenvalue weighted by molar-refractivity contribution is 9.10. The number of hydrogen-bond acceptors (Lipinski definition) is 2. The van der Waals surface area contributed by atoms with Crippen LogP contribution in [0, 0.1) is 5.82 Å². The van der Waals surface area contributed by atoms with Gasteiger partial charge in [-0.25, -0.2) is 4.39 Å². The molecule has 0 radical (unpaired) electrons. The van der Waals surface area contributed by atoms with E-state index in [1.165, 1.54) is 12.1 Å². The van der Waals surface area contributed by atoms with Gasteiger partial charge in [0.2, 0.25) is 0 Å². The van der Waals surface area contributed by atoms with Crippen LogP contribution in [0.4, 0.5) is 4.39 Å². The second kappa shape index (κ2) is 5.38. The quantitative estimate of drug-likeness (QED) is 0.944. The summed E-state index contributed by atoms with van der Waals surface area (Å²) in [6, 6.07) is 8.30. The third-order valence-corrected chi connectivity index (χ3v) is 3.31. The van der Waals surface area contributed by atoms with Gasteiger partial charge in [-0.2, -0.15) is 0 Å². The Balaban J connectivity index is 2.16. The number of rotatable bonds is 3. The number of nitrogens with zero attached hydrogens (tertiary/aromatic N) is 1. The Morgan fingerprint density at radius 2 is 2.18 bits per heavy atom. The highest BCUT2D eigenvalue weighted by atomic mass is 79.9. The molecule has 17 heavy (non-hydrogen) atoms. The molecule has 4 heteroatoms. The first-order valence-corrected chi connectivity index (χ1v) is 6.05. The molecule has 2 aromatic rings. The number of halogens is 2. The fraction of sp³-hybridized carbons (Fsp3) is 0.154. The monoisotopic (exact) mass is 294 g/mol. The maximum Gasteiger partial charge on any atom is 0.124 e. The zero-order valence-corrected chi connectivity index (χ0v) is 10.7. The molecule has 2 nitrogen and oxygen atoms in total. The van der Waals surface area contributed by atoms with E-state index in [0.717, 1.165) is 15.6 Å². The predicted octanol–water partition coefficient (Wildman–Crippen LogP) is 3.23. The molecular weight excluding hydrogens is 283 g/mol. The average molecular weight is 295 g/mol. The van der Waals surface area contributed by atoms with Gasteiger partial charge in [-0.1, -0.05) is 28.1 Å². The fourth-order valence-electron chi connectivity index (χ4n) is 1.64. The first-order chi connectivity index (χ1) is 8.16.